The van der Waals surface area contributed by atoms with Gasteiger partial charge in [0.25, 0.3) is 0 Å². The maximum absolute atomic E-state index is 13.3. The second-order valence-electron chi connectivity index (χ2n) is 4.04. The van der Waals surface area contributed by atoms with Crippen LogP contribution >= 0.6 is 0 Å². The van der Waals surface area contributed by atoms with Gasteiger partial charge in [-0.3, -0.25) is 4.79 Å². The standard InChI is InChI=1S/C14H11F2NO/c1-8-3-2-4-10(14(8)18)5-9-6-11(15)13(17)12(16)7-9/h2-7H,17H2,1H3. The molecule has 0 heterocycles. The van der Waals surface area contributed by atoms with E-state index in [4.69, 9.17) is 5.73 Å². The molecule has 1 aliphatic carbocycles. The molecule has 1 aromatic carbocycles. The zero-order valence-electron chi connectivity index (χ0n) is 9.71. The molecule has 0 fully saturated rings. The number of allylic oxidation sites excluding steroid dienone is 5. The van der Waals surface area contributed by atoms with Gasteiger partial charge in [-0.1, -0.05) is 18.2 Å². The lowest BCUT2D eigenvalue weighted by atomic mass is 9.97. The van der Waals surface area contributed by atoms with Crippen molar-refractivity contribution < 1.29 is 13.6 Å². The fraction of sp³-hybridized carbons (Fsp3) is 0.0714. The highest BCUT2D eigenvalue weighted by Crippen LogP contribution is 2.21. The molecule has 0 spiro atoms. The molecule has 1 aromatic rings. The molecule has 1 aliphatic rings. The Hall–Kier alpha value is -2.23. The molecule has 18 heavy (non-hydrogen) atoms. The molecule has 0 unspecified atom stereocenters. The van der Waals surface area contributed by atoms with Crippen molar-refractivity contribution in [3.05, 3.63) is 58.7 Å². The summed E-state index contributed by atoms with van der Waals surface area (Å²) in [5.41, 5.74) is 5.89. The van der Waals surface area contributed by atoms with Crippen molar-refractivity contribution in [2.45, 2.75) is 6.92 Å². The van der Waals surface area contributed by atoms with Crippen molar-refractivity contribution >= 4 is 17.5 Å². The molecule has 0 bridgehead atoms. The minimum Gasteiger partial charge on any atom is -0.394 e. The molecule has 0 saturated heterocycles. The number of anilines is 1. The Bertz CT molecular complexity index is 589. The van der Waals surface area contributed by atoms with Crippen LogP contribution in [0.25, 0.3) is 6.08 Å². The predicted molar refractivity (Wildman–Crippen MR) is 66.7 cm³/mol. The molecular weight excluding hydrogens is 236 g/mol. The molecule has 2 rings (SSSR count). The number of halogens is 2. The van der Waals surface area contributed by atoms with Crippen LogP contribution in [0.2, 0.25) is 0 Å². The van der Waals surface area contributed by atoms with Gasteiger partial charge in [-0.2, -0.15) is 0 Å². The number of benzene rings is 1. The van der Waals surface area contributed by atoms with Crippen LogP contribution in [0.5, 0.6) is 0 Å². The fourth-order valence-electron chi connectivity index (χ4n) is 1.66. The van der Waals surface area contributed by atoms with E-state index >= 15 is 0 Å². The van der Waals surface area contributed by atoms with E-state index in [0.717, 1.165) is 12.1 Å². The fourth-order valence-corrected chi connectivity index (χ4v) is 1.66. The van der Waals surface area contributed by atoms with E-state index in [0.29, 0.717) is 11.1 Å². The first-order chi connectivity index (χ1) is 8.49. The average molecular weight is 247 g/mol. The Morgan fingerprint density at radius 3 is 2.44 bits per heavy atom. The number of hydrogen-bond acceptors (Lipinski definition) is 2. The molecule has 0 radical (unpaired) electrons. The number of Topliss-reactive ketones (excluding diaryl/α,β-unsaturated/α-hetero) is 1. The first-order valence-electron chi connectivity index (χ1n) is 5.35. The summed E-state index contributed by atoms with van der Waals surface area (Å²) >= 11 is 0. The minimum absolute atomic E-state index is 0.157. The van der Waals surface area contributed by atoms with Gasteiger partial charge in [0.15, 0.2) is 5.78 Å². The van der Waals surface area contributed by atoms with E-state index < -0.39 is 17.3 Å². The highest BCUT2D eigenvalue weighted by Gasteiger charge is 2.13. The molecule has 0 atom stereocenters. The Kier molecular flexibility index (Phi) is 3.10. The molecule has 2 nitrogen and oxygen atoms in total. The summed E-state index contributed by atoms with van der Waals surface area (Å²) in [6, 6.07) is 2.19. The van der Waals surface area contributed by atoms with Crippen molar-refractivity contribution in [1.82, 2.24) is 0 Å². The molecule has 4 heteroatoms. The summed E-state index contributed by atoms with van der Waals surface area (Å²) < 4.78 is 26.5. The van der Waals surface area contributed by atoms with Gasteiger partial charge < -0.3 is 5.73 Å². The number of rotatable bonds is 1. The van der Waals surface area contributed by atoms with Gasteiger partial charge in [0.1, 0.15) is 17.3 Å². The van der Waals surface area contributed by atoms with Gasteiger partial charge in [-0.15, -0.1) is 0 Å². The summed E-state index contributed by atoms with van der Waals surface area (Å²) in [6.07, 6.45) is 6.43. The first kappa shape index (κ1) is 12.2. The van der Waals surface area contributed by atoms with Crippen LogP contribution in [0.1, 0.15) is 12.5 Å². The van der Waals surface area contributed by atoms with E-state index in [1.165, 1.54) is 6.08 Å². The van der Waals surface area contributed by atoms with Crippen molar-refractivity contribution in [1.29, 1.82) is 0 Å². The van der Waals surface area contributed by atoms with Crippen LogP contribution in [0.4, 0.5) is 14.5 Å². The largest absolute Gasteiger partial charge is 0.394 e. The summed E-state index contributed by atoms with van der Waals surface area (Å²) in [6.45, 7) is 1.68. The summed E-state index contributed by atoms with van der Waals surface area (Å²) in [5.74, 6) is -1.82. The topological polar surface area (TPSA) is 43.1 Å². The minimum atomic E-state index is -0.832. The van der Waals surface area contributed by atoms with Gasteiger partial charge in [-0.05, 0) is 36.3 Å². The van der Waals surface area contributed by atoms with Gasteiger partial charge in [0.05, 0.1) is 0 Å². The van der Waals surface area contributed by atoms with Crippen LogP contribution in [0, 0.1) is 11.6 Å². The highest BCUT2D eigenvalue weighted by molar-refractivity contribution is 6.13. The SMILES string of the molecule is CC1=CC=CC(=Cc2cc(F)c(N)c(F)c2)C1=O. The normalized spacial score (nSPS) is 17.2. The molecule has 0 amide bonds. The molecule has 0 aliphatic heterocycles. The van der Waals surface area contributed by atoms with Crippen LogP contribution in [-0.4, -0.2) is 5.78 Å². The van der Waals surface area contributed by atoms with Gasteiger partial charge in [0.2, 0.25) is 0 Å². The highest BCUT2D eigenvalue weighted by atomic mass is 19.1. The molecule has 2 N–H and O–H groups in total. The van der Waals surface area contributed by atoms with E-state index in [9.17, 15) is 13.6 Å². The molecular formula is C14H11F2NO. The Morgan fingerprint density at radius 2 is 1.83 bits per heavy atom. The molecule has 92 valence electrons. The number of ketones is 1. The zero-order chi connectivity index (χ0) is 13.3. The second kappa shape index (κ2) is 4.56. The Balaban J connectivity index is 2.43. The van der Waals surface area contributed by atoms with Crippen LogP contribution in [0.3, 0.4) is 0 Å². The van der Waals surface area contributed by atoms with Gasteiger partial charge >= 0.3 is 0 Å². The number of nitrogens with two attached hydrogens (primary N) is 1. The third kappa shape index (κ3) is 2.22. The predicted octanol–water partition coefficient (Wildman–Crippen LogP) is 3.02. The van der Waals surface area contributed by atoms with E-state index in [1.807, 2.05) is 0 Å². The van der Waals surface area contributed by atoms with Gasteiger partial charge in [0, 0.05) is 5.57 Å². The summed E-state index contributed by atoms with van der Waals surface area (Å²) in [4.78, 5) is 11.8. The second-order valence-corrected chi connectivity index (χ2v) is 4.04. The van der Waals surface area contributed by atoms with E-state index in [2.05, 4.69) is 0 Å². The maximum atomic E-state index is 13.3. The average Bonchev–Trinajstić information content (AvgIpc) is 2.32. The number of carbonyl (C=O) groups excluding carboxylic acids is 1. The number of carbonyl (C=O) groups is 1. The maximum Gasteiger partial charge on any atom is 0.188 e. The molecule has 0 aromatic heterocycles. The summed E-state index contributed by atoms with van der Waals surface area (Å²) in [5, 5.41) is 0. The summed E-state index contributed by atoms with van der Waals surface area (Å²) in [7, 11) is 0. The zero-order valence-corrected chi connectivity index (χ0v) is 9.71. The third-order valence-corrected chi connectivity index (χ3v) is 2.67. The van der Waals surface area contributed by atoms with Gasteiger partial charge in [-0.25, -0.2) is 8.78 Å². The van der Waals surface area contributed by atoms with Crippen molar-refractivity contribution in [2.24, 2.45) is 0 Å². The van der Waals surface area contributed by atoms with Crippen LogP contribution in [-0.2, 0) is 4.79 Å². The van der Waals surface area contributed by atoms with E-state index in [-0.39, 0.29) is 11.3 Å². The van der Waals surface area contributed by atoms with Crippen molar-refractivity contribution in [3.8, 4) is 0 Å². The lowest BCUT2D eigenvalue weighted by Gasteiger charge is -2.07. The van der Waals surface area contributed by atoms with Crippen molar-refractivity contribution in [2.75, 3.05) is 5.73 Å². The Morgan fingerprint density at radius 1 is 1.22 bits per heavy atom. The Labute approximate surface area is 103 Å². The smallest absolute Gasteiger partial charge is 0.188 e. The lowest BCUT2D eigenvalue weighted by molar-refractivity contribution is -0.111. The first-order valence-corrected chi connectivity index (χ1v) is 5.35. The quantitative estimate of drug-likeness (QED) is 0.612. The van der Waals surface area contributed by atoms with Crippen LogP contribution in [0.15, 0.2) is 41.5 Å². The third-order valence-electron chi connectivity index (χ3n) is 2.67. The molecule has 0 saturated carbocycles. The number of nitrogen functional groups attached to an aromatic ring is 1. The lowest BCUT2D eigenvalue weighted by Crippen LogP contribution is -2.05. The van der Waals surface area contributed by atoms with Crippen molar-refractivity contribution in [3.63, 3.8) is 0 Å². The van der Waals surface area contributed by atoms with E-state index in [1.54, 1.807) is 25.2 Å². The monoisotopic (exact) mass is 247 g/mol. The number of hydrogen-bond donors (Lipinski definition) is 1. The van der Waals surface area contributed by atoms with Crippen LogP contribution < -0.4 is 5.73 Å².